The molecule has 0 radical (unpaired) electrons. The van der Waals surface area contributed by atoms with Gasteiger partial charge in [0.05, 0.1) is 6.42 Å². The molecule has 6 heteroatoms. The number of carbonyl (C=O) groups is 3. The van der Waals surface area contributed by atoms with E-state index < -0.39 is 17.9 Å². The maximum atomic E-state index is 11.5. The number of aryl methyl sites for hydroxylation is 1. The van der Waals surface area contributed by atoms with E-state index in [0.717, 1.165) is 17.5 Å². The minimum Gasteiger partial charge on any atom is -0.481 e. The summed E-state index contributed by atoms with van der Waals surface area (Å²) in [5.74, 6) is -1.67. The first-order chi connectivity index (χ1) is 9.52. The molecule has 0 saturated heterocycles. The maximum absolute atomic E-state index is 11.5. The van der Waals surface area contributed by atoms with E-state index >= 15 is 0 Å². The molecule has 0 heterocycles. The van der Waals surface area contributed by atoms with Gasteiger partial charge in [0.25, 0.3) is 0 Å². The summed E-state index contributed by atoms with van der Waals surface area (Å²) < 4.78 is 0. The highest BCUT2D eigenvalue weighted by Crippen LogP contribution is 2.08. The van der Waals surface area contributed by atoms with E-state index in [-0.39, 0.29) is 12.8 Å². The second kappa shape index (κ2) is 7.93. The first-order valence-corrected chi connectivity index (χ1v) is 6.39. The van der Waals surface area contributed by atoms with Crippen molar-refractivity contribution in [1.82, 2.24) is 10.6 Å². The Morgan fingerprint density at radius 2 is 1.75 bits per heavy atom. The summed E-state index contributed by atoms with van der Waals surface area (Å²) in [6.45, 7) is 2.34. The van der Waals surface area contributed by atoms with Crippen molar-refractivity contribution in [2.24, 2.45) is 0 Å². The van der Waals surface area contributed by atoms with E-state index in [2.05, 4.69) is 10.6 Å². The van der Waals surface area contributed by atoms with Crippen molar-refractivity contribution < 1.29 is 19.5 Å². The second-order valence-electron chi connectivity index (χ2n) is 4.25. The molecule has 1 rings (SSSR count). The summed E-state index contributed by atoms with van der Waals surface area (Å²) in [7, 11) is 0. The molecule has 1 aromatic rings. The van der Waals surface area contributed by atoms with Crippen molar-refractivity contribution in [2.75, 3.05) is 0 Å². The molecule has 20 heavy (non-hydrogen) atoms. The van der Waals surface area contributed by atoms with Crippen molar-refractivity contribution in [3.63, 3.8) is 0 Å². The molecule has 108 valence electrons. The van der Waals surface area contributed by atoms with Crippen molar-refractivity contribution in [3.05, 3.63) is 35.4 Å². The zero-order chi connectivity index (χ0) is 15.0. The van der Waals surface area contributed by atoms with Gasteiger partial charge in [-0.2, -0.15) is 0 Å². The van der Waals surface area contributed by atoms with Gasteiger partial charge in [-0.3, -0.25) is 14.9 Å². The molecule has 1 aromatic carbocycles. The Morgan fingerprint density at radius 3 is 2.35 bits per heavy atom. The van der Waals surface area contributed by atoms with Crippen LogP contribution in [0.25, 0.3) is 0 Å². The van der Waals surface area contributed by atoms with E-state index in [1.165, 1.54) is 0 Å². The summed E-state index contributed by atoms with van der Waals surface area (Å²) >= 11 is 0. The van der Waals surface area contributed by atoms with Gasteiger partial charge in [0.15, 0.2) is 0 Å². The second-order valence-corrected chi connectivity index (χ2v) is 4.25. The lowest BCUT2D eigenvalue weighted by Gasteiger charge is -2.09. The van der Waals surface area contributed by atoms with E-state index in [9.17, 15) is 14.4 Å². The molecular formula is C14H18N2O4. The minimum absolute atomic E-state index is 0.214. The number of nitrogens with one attached hydrogen (secondary N) is 2. The Bertz CT molecular complexity index is 500. The number of carboxylic acids is 1. The lowest BCUT2D eigenvalue weighted by atomic mass is 10.1. The van der Waals surface area contributed by atoms with Crippen LogP contribution in [0.3, 0.4) is 0 Å². The summed E-state index contributed by atoms with van der Waals surface area (Å²) in [5.41, 5.74) is 2.12. The van der Waals surface area contributed by atoms with Crippen LogP contribution in [0.4, 0.5) is 4.79 Å². The summed E-state index contributed by atoms with van der Waals surface area (Å²) in [6.07, 6.45) is 0.350. The molecule has 0 atom stereocenters. The molecule has 0 fully saturated rings. The van der Waals surface area contributed by atoms with Gasteiger partial charge in [-0.25, -0.2) is 4.79 Å². The van der Waals surface area contributed by atoms with Crippen LogP contribution >= 0.6 is 0 Å². The van der Waals surface area contributed by atoms with Gasteiger partial charge in [-0.15, -0.1) is 0 Å². The fraction of sp³-hybridized carbons (Fsp3) is 0.357. The zero-order valence-corrected chi connectivity index (χ0v) is 11.3. The largest absolute Gasteiger partial charge is 0.481 e. The lowest BCUT2D eigenvalue weighted by molar-refractivity contribution is -0.138. The van der Waals surface area contributed by atoms with Crippen LogP contribution < -0.4 is 10.6 Å². The van der Waals surface area contributed by atoms with E-state index in [1.807, 2.05) is 31.2 Å². The third-order valence-corrected chi connectivity index (χ3v) is 2.76. The zero-order valence-electron chi connectivity index (χ0n) is 11.3. The fourth-order valence-corrected chi connectivity index (χ4v) is 1.70. The minimum atomic E-state index is -1.07. The summed E-state index contributed by atoms with van der Waals surface area (Å²) in [4.78, 5) is 33.0. The van der Waals surface area contributed by atoms with Gasteiger partial charge >= 0.3 is 12.0 Å². The van der Waals surface area contributed by atoms with E-state index in [4.69, 9.17) is 5.11 Å². The van der Waals surface area contributed by atoms with Crippen LogP contribution in [-0.2, 0) is 22.6 Å². The standard InChI is InChI=1S/C14H18N2O4/c1-2-10-5-3-4-6-11(10)9-15-14(20)16-12(17)7-8-13(18)19/h3-6H,2,7-9H2,1H3,(H,18,19)(H2,15,16,17,20). The average molecular weight is 278 g/mol. The van der Waals surface area contributed by atoms with Gasteiger partial charge in [0, 0.05) is 13.0 Å². The number of carboxylic acid groups (broad SMARTS) is 1. The Morgan fingerprint density at radius 1 is 1.10 bits per heavy atom. The SMILES string of the molecule is CCc1ccccc1CNC(=O)NC(=O)CCC(=O)O. The Labute approximate surface area is 117 Å². The number of rotatable bonds is 6. The number of hydrogen-bond acceptors (Lipinski definition) is 3. The molecule has 0 unspecified atom stereocenters. The van der Waals surface area contributed by atoms with Gasteiger partial charge in [-0.1, -0.05) is 31.2 Å². The third kappa shape index (κ3) is 5.51. The molecule has 6 nitrogen and oxygen atoms in total. The summed E-state index contributed by atoms with van der Waals surface area (Å²) in [6, 6.07) is 7.08. The van der Waals surface area contributed by atoms with Crippen molar-refractivity contribution >= 4 is 17.9 Å². The Hall–Kier alpha value is -2.37. The van der Waals surface area contributed by atoms with Crippen molar-refractivity contribution in [2.45, 2.75) is 32.7 Å². The molecule has 0 aliphatic heterocycles. The molecular weight excluding hydrogens is 260 g/mol. The normalized spacial score (nSPS) is 9.85. The van der Waals surface area contributed by atoms with Gasteiger partial charge < -0.3 is 10.4 Å². The van der Waals surface area contributed by atoms with Crippen LogP contribution in [0.1, 0.15) is 30.9 Å². The van der Waals surface area contributed by atoms with Crippen LogP contribution in [0.15, 0.2) is 24.3 Å². The number of imide groups is 1. The Kier molecular flexibility index (Phi) is 6.22. The maximum Gasteiger partial charge on any atom is 0.321 e. The first-order valence-electron chi connectivity index (χ1n) is 6.39. The molecule has 3 amide bonds. The third-order valence-electron chi connectivity index (χ3n) is 2.76. The molecule has 0 aliphatic rings. The smallest absolute Gasteiger partial charge is 0.321 e. The number of amides is 3. The quantitative estimate of drug-likeness (QED) is 0.733. The number of urea groups is 1. The highest BCUT2D eigenvalue weighted by Gasteiger charge is 2.09. The molecule has 3 N–H and O–H groups in total. The van der Waals surface area contributed by atoms with Crippen molar-refractivity contribution in [1.29, 1.82) is 0 Å². The number of carbonyl (C=O) groups excluding carboxylic acids is 2. The first kappa shape index (κ1) is 15.7. The molecule has 0 saturated carbocycles. The molecule has 0 aromatic heterocycles. The predicted molar refractivity (Wildman–Crippen MR) is 73.1 cm³/mol. The topological polar surface area (TPSA) is 95.5 Å². The van der Waals surface area contributed by atoms with Crippen LogP contribution in [0.2, 0.25) is 0 Å². The number of benzene rings is 1. The molecule has 0 bridgehead atoms. The molecule has 0 spiro atoms. The average Bonchev–Trinajstić information content (AvgIpc) is 2.43. The van der Waals surface area contributed by atoms with E-state index in [1.54, 1.807) is 0 Å². The van der Waals surface area contributed by atoms with Crippen LogP contribution in [0.5, 0.6) is 0 Å². The van der Waals surface area contributed by atoms with Gasteiger partial charge in [0.1, 0.15) is 0 Å². The van der Waals surface area contributed by atoms with Crippen molar-refractivity contribution in [3.8, 4) is 0 Å². The predicted octanol–water partition coefficient (Wildman–Crippen LogP) is 1.44. The summed E-state index contributed by atoms with van der Waals surface area (Å²) in [5, 5.41) is 13.1. The monoisotopic (exact) mass is 278 g/mol. The van der Waals surface area contributed by atoms with Crippen LogP contribution in [-0.4, -0.2) is 23.0 Å². The number of aliphatic carboxylic acids is 1. The Balaban J connectivity index is 2.39. The van der Waals surface area contributed by atoms with Crippen LogP contribution in [0, 0.1) is 0 Å². The molecule has 0 aliphatic carbocycles. The lowest BCUT2D eigenvalue weighted by Crippen LogP contribution is -2.39. The van der Waals surface area contributed by atoms with Gasteiger partial charge in [-0.05, 0) is 17.5 Å². The van der Waals surface area contributed by atoms with E-state index in [0.29, 0.717) is 6.54 Å². The number of hydrogen-bond donors (Lipinski definition) is 3. The fourth-order valence-electron chi connectivity index (χ4n) is 1.70. The highest BCUT2D eigenvalue weighted by atomic mass is 16.4. The van der Waals surface area contributed by atoms with Gasteiger partial charge in [0.2, 0.25) is 5.91 Å². The highest BCUT2D eigenvalue weighted by molar-refractivity contribution is 5.95.